The Bertz CT molecular complexity index is 1060. The maximum absolute atomic E-state index is 13.2. The number of fused-ring (bicyclic) bond motifs is 2. The van der Waals surface area contributed by atoms with Gasteiger partial charge in [0, 0.05) is 30.9 Å². The fourth-order valence-corrected chi connectivity index (χ4v) is 3.38. The molecule has 7 nitrogen and oxygen atoms in total. The molecule has 0 aliphatic carbocycles. The van der Waals surface area contributed by atoms with E-state index >= 15 is 0 Å². The van der Waals surface area contributed by atoms with Crippen molar-refractivity contribution in [2.75, 3.05) is 18.5 Å². The van der Waals surface area contributed by atoms with E-state index in [1.54, 1.807) is 10.7 Å². The van der Waals surface area contributed by atoms with Gasteiger partial charge in [0.2, 0.25) is 0 Å². The molecule has 2 aromatic heterocycles. The molecule has 1 aliphatic heterocycles. The Morgan fingerprint density at radius 3 is 2.68 bits per heavy atom. The average Bonchev–Trinajstić information content (AvgIpc) is 2.84. The lowest BCUT2D eigenvalue weighted by Gasteiger charge is -2.12. The van der Waals surface area contributed by atoms with Gasteiger partial charge in [0.1, 0.15) is 0 Å². The molecule has 3 heterocycles. The predicted octanol–water partition coefficient (Wildman–Crippen LogP) is 3.81. The van der Waals surface area contributed by atoms with Crippen LogP contribution in [0.15, 0.2) is 24.3 Å². The van der Waals surface area contributed by atoms with Crippen LogP contribution in [-0.4, -0.2) is 33.9 Å². The second-order valence-corrected chi connectivity index (χ2v) is 7.32. The van der Waals surface area contributed by atoms with Crippen molar-refractivity contribution in [3.8, 4) is 11.5 Å². The van der Waals surface area contributed by atoms with Crippen molar-refractivity contribution >= 4 is 22.6 Å². The fraction of sp³-hybridized carbons (Fsp3) is 0.381. The highest BCUT2D eigenvalue weighted by molar-refractivity contribution is 6.12. The van der Waals surface area contributed by atoms with Gasteiger partial charge in [-0.2, -0.15) is 5.10 Å². The standard InChI is InChI=1S/C21H24N4O3/c1-12(2)16-11-15(19-13(3)24-25(4)20(19)23-16)21(26)22-14-6-7-17-18(10-14)28-9-5-8-27-17/h6-7,10-12H,5,8-9H2,1-4H3,(H,22,26). The molecule has 0 spiro atoms. The molecule has 146 valence electrons. The Kier molecular flexibility index (Phi) is 4.66. The van der Waals surface area contributed by atoms with E-state index < -0.39 is 0 Å². The lowest BCUT2D eigenvalue weighted by Crippen LogP contribution is -2.14. The molecule has 1 aliphatic rings. The Hall–Kier alpha value is -3.09. The van der Waals surface area contributed by atoms with Crippen LogP contribution in [0.1, 0.15) is 47.9 Å². The van der Waals surface area contributed by atoms with E-state index in [0.717, 1.165) is 23.2 Å². The predicted molar refractivity (Wildman–Crippen MR) is 107 cm³/mol. The molecule has 0 radical (unpaired) electrons. The van der Waals surface area contributed by atoms with Crippen LogP contribution < -0.4 is 14.8 Å². The SMILES string of the molecule is Cc1nn(C)c2nc(C(C)C)cc(C(=O)Nc3ccc4c(c3)OCCCO4)c12. The number of rotatable bonds is 3. The Morgan fingerprint density at radius 1 is 1.18 bits per heavy atom. The maximum atomic E-state index is 13.2. The number of hydrogen-bond acceptors (Lipinski definition) is 5. The number of aryl methyl sites for hydroxylation is 2. The number of anilines is 1. The molecule has 0 atom stereocenters. The molecular weight excluding hydrogens is 356 g/mol. The number of nitrogens with zero attached hydrogens (tertiary/aromatic N) is 3. The van der Waals surface area contributed by atoms with Gasteiger partial charge in [-0.05, 0) is 31.0 Å². The topological polar surface area (TPSA) is 78.3 Å². The zero-order chi connectivity index (χ0) is 19.8. The smallest absolute Gasteiger partial charge is 0.256 e. The van der Waals surface area contributed by atoms with Gasteiger partial charge in [0.15, 0.2) is 17.1 Å². The number of hydrogen-bond donors (Lipinski definition) is 1. The first-order valence-corrected chi connectivity index (χ1v) is 9.49. The van der Waals surface area contributed by atoms with Crippen LogP contribution in [-0.2, 0) is 7.05 Å². The van der Waals surface area contributed by atoms with Crippen molar-refractivity contribution in [3.63, 3.8) is 0 Å². The number of pyridine rings is 1. The van der Waals surface area contributed by atoms with Crippen molar-refractivity contribution in [2.24, 2.45) is 7.05 Å². The number of benzene rings is 1. The summed E-state index contributed by atoms with van der Waals surface area (Å²) in [5, 5.41) is 8.21. The molecule has 0 saturated heterocycles. The summed E-state index contributed by atoms with van der Waals surface area (Å²) < 4.78 is 13.1. The minimum Gasteiger partial charge on any atom is -0.490 e. The van der Waals surface area contributed by atoms with Crippen molar-refractivity contribution < 1.29 is 14.3 Å². The summed E-state index contributed by atoms with van der Waals surface area (Å²) in [5.74, 6) is 1.35. The Labute approximate surface area is 163 Å². The number of carbonyl (C=O) groups excluding carboxylic acids is 1. The lowest BCUT2D eigenvalue weighted by atomic mass is 10.0. The number of ether oxygens (including phenoxy) is 2. The molecule has 1 amide bonds. The molecule has 7 heteroatoms. The van der Waals surface area contributed by atoms with E-state index in [2.05, 4.69) is 24.3 Å². The third-order valence-electron chi connectivity index (χ3n) is 4.83. The van der Waals surface area contributed by atoms with E-state index in [1.807, 2.05) is 32.2 Å². The quantitative estimate of drug-likeness (QED) is 0.747. The van der Waals surface area contributed by atoms with E-state index in [0.29, 0.717) is 41.6 Å². The molecule has 0 fully saturated rings. The zero-order valence-electron chi connectivity index (χ0n) is 16.6. The molecule has 1 aromatic carbocycles. The van der Waals surface area contributed by atoms with Crippen LogP contribution in [0.5, 0.6) is 11.5 Å². The number of nitrogens with one attached hydrogen (secondary N) is 1. The number of amides is 1. The molecule has 0 bridgehead atoms. The minimum atomic E-state index is -0.195. The van der Waals surface area contributed by atoms with E-state index in [1.165, 1.54) is 0 Å². The molecule has 0 saturated carbocycles. The van der Waals surface area contributed by atoms with Crippen molar-refractivity contribution in [1.82, 2.24) is 14.8 Å². The van der Waals surface area contributed by atoms with Gasteiger partial charge in [-0.1, -0.05) is 13.8 Å². The normalized spacial score (nSPS) is 13.6. The molecule has 3 aromatic rings. The summed E-state index contributed by atoms with van der Waals surface area (Å²) in [6.45, 7) is 7.24. The second kappa shape index (κ2) is 7.14. The average molecular weight is 380 g/mol. The highest BCUT2D eigenvalue weighted by Gasteiger charge is 2.20. The van der Waals surface area contributed by atoms with Gasteiger partial charge in [-0.25, -0.2) is 4.98 Å². The number of aromatic nitrogens is 3. The minimum absolute atomic E-state index is 0.195. The van der Waals surface area contributed by atoms with Gasteiger partial charge in [0.05, 0.1) is 29.9 Å². The van der Waals surface area contributed by atoms with Gasteiger partial charge in [0.25, 0.3) is 5.91 Å². The van der Waals surface area contributed by atoms with E-state index in [9.17, 15) is 4.79 Å². The van der Waals surface area contributed by atoms with Crippen molar-refractivity contribution in [3.05, 3.63) is 41.2 Å². The lowest BCUT2D eigenvalue weighted by molar-refractivity contribution is 0.102. The molecule has 28 heavy (non-hydrogen) atoms. The first kappa shape index (κ1) is 18.3. The van der Waals surface area contributed by atoms with Crippen LogP contribution >= 0.6 is 0 Å². The Balaban J connectivity index is 1.72. The number of carbonyl (C=O) groups is 1. The summed E-state index contributed by atoms with van der Waals surface area (Å²) in [4.78, 5) is 17.8. The first-order chi connectivity index (χ1) is 13.4. The van der Waals surface area contributed by atoms with Crippen molar-refractivity contribution in [2.45, 2.75) is 33.1 Å². The maximum Gasteiger partial charge on any atom is 0.256 e. The van der Waals surface area contributed by atoms with Crippen LogP contribution in [0.4, 0.5) is 5.69 Å². The largest absolute Gasteiger partial charge is 0.490 e. The highest BCUT2D eigenvalue weighted by Crippen LogP contribution is 2.33. The molecule has 4 rings (SSSR count). The first-order valence-electron chi connectivity index (χ1n) is 9.49. The summed E-state index contributed by atoms with van der Waals surface area (Å²) in [6, 6.07) is 7.31. The third-order valence-corrected chi connectivity index (χ3v) is 4.83. The van der Waals surface area contributed by atoms with Crippen molar-refractivity contribution in [1.29, 1.82) is 0 Å². The monoisotopic (exact) mass is 380 g/mol. The highest BCUT2D eigenvalue weighted by atomic mass is 16.5. The molecule has 1 N–H and O–H groups in total. The van der Waals surface area contributed by atoms with Crippen LogP contribution in [0.3, 0.4) is 0 Å². The Morgan fingerprint density at radius 2 is 1.93 bits per heavy atom. The fourth-order valence-electron chi connectivity index (χ4n) is 3.38. The van der Waals surface area contributed by atoms with Crippen LogP contribution in [0.25, 0.3) is 11.0 Å². The summed E-state index contributed by atoms with van der Waals surface area (Å²) in [7, 11) is 1.85. The zero-order valence-corrected chi connectivity index (χ0v) is 16.6. The third kappa shape index (κ3) is 3.28. The van der Waals surface area contributed by atoms with Gasteiger partial charge in [-0.15, -0.1) is 0 Å². The van der Waals surface area contributed by atoms with Gasteiger partial charge < -0.3 is 14.8 Å². The summed E-state index contributed by atoms with van der Waals surface area (Å²) >= 11 is 0. The van der Waals surface area contributed by atoms with E-state index in [-0.39, 0.29) is 11.8 Å². The van der Waals surface area contributed by atoms with E-state index in [4.69, 9.17) is 14.5 Å². The molecular formula is C21H24N4O3. The van der Waals surface area contributed by atoms with Crippen LogP contribution in [0.2, 0.25) is 0 Å². The molecule has 0 unspecified atom stereocenters. The van der Waals surface area contributed by atoms with Crippen LogP contribution in [0, 0.1) is 6.92 Å². The van der Waals surface area contributed by atoms with Gasteiger partial charge in [-0.3, -0.25) is 9.48 Å². The van der Waals surface area contributed by atoms with Gasteiger partial charge >= 0.3 is 0 Å². The summed E-state index contributed by atoms with van der Waals surface area (Å²) in [5.41, 5.74) is 3.59. The summed E-state index contributed by atoms with van der Waals surface area (Å²) in [6.07, 6.45) is 0.837. The second-order valence-electron chi connectivity index (χ2n) is 7.32.